The smallest absolute Gasteiger partial charge is 0.134 e. The van der Waals surface area contributed by atoms with E-state index in [1.807, 2.05) is 6.20 Å². The third-order valence-corrected chi connectivity index (χ3v) is 5.97. The van der Waals surface area contributed by atoms with Gasteiger partial charge in [-0.05, 0) is 75.3 Å². The molecule has 0 atom stereocenters. The minimum atomic E-state index is 0.311. The lowest BCUT2D eigenvalue weighted by molar-refractivity contribution is -0.00951. The molecule has 1 aromatic heterocycles. The molecule has 0 aromatic carbocycles. The maximum absolute atomic E-state index is 5.73. The second-order valence-electron chi connectivity index (χ2n) is 7.56. The molecule has 2 N–H and O–H groups in total. The molecule has 0 amide bonds. The van der Waals surface area contributed by atoms with Gasteiger partial charge in [-0.3, -0.25) is 0 Å². The third-order valence-electron chi connectivity index (χ3n) is 5.97. The Hall–Kier alpha value is -0.960. The molecule has 0 saturated heterocycles. The van der Waals surface area contributed by atoms with Crippen molar-refractivity contribution in [1.29, 1.82) is 0 Å². The maximum atomic E-state index is 5.73. The highest BCUT2D eigenvalue weighted by Crippen LogP contribution is 2.60. The first-order valence-corrected chi connectivity index (χ1v) is 8.21. The molecule has 0 radical (unpaired) electrons. The lowest BCUT2D eigenvalue weighted by atomic mass is 9.49. The van der Waals surface area contributed by atoms with Crippen molar-refractivity contribution in [1.82, 2.24) is 9.97 Å². The maximum Gasteiger partial charge on any atom is 0.134 e. The third kappa shape index (κ3) is 1.90. The molecule has 4 saturated carbocycles. The van der Waals surface area contributed by atoms with Crippen molar-refractivity contribution in [2.24, 2.45) is 23.5 Å². The molecule has 3 heteroatoms. The van der Waals surface area contributed by atoms with Crippen LogP contribution in [0.15, 0.2) is 6.20 Å². The van der Waals surface area contributed by atoms with Gasteiger partial charge in [0.25, 0.3) is 0 Å². The number of aromatic nitrogens is 2. The van der Waals surface area contributed by atoms with E-state index in [-0.39, 0.29) is 0 Å². The first-order valence-electron chi connectivity index (χ1n) is 8.21. The number of hydrogen-bond donors (Lipinski definition) is 1. The van der Waals surface area contributed by atoms with Crippen LogP contribution in [0, 0.1) is 24.7 Å². The van der Waals surface area contributed by atoms with Gasteiger partial charge in [0.1, 0.15) is 5.82 Å². The molecule has 0 unspecified atom stereocenters. The summed E-state index contributed by atoms with van der Waals surface area (Å²) < 4.78 is 0. The number of hydrogen-bond acceptors (Lipinski definition) is 3. The largest absolute Gasteiger partial charge is 0.330 e. The van der Waals surface area contributed by atoms with Crippen molar-refractivity contribution in [3.8, 4) is 0 Å². The molecule has 0 spiro atoms. The van der Waals surface area contributed by atoms with Crippen molar-refractivity contribution in [2.75, 3.05) is 6.54 Å². The van der Waals surface area contributed by atoms with Crippen LogP contribution >= 0.6 is 0 Å². The Kier molecular flexibility index (Phi) is 2.88. The number of rotatable bonds is 3. The van der Waals surface area contributed by atoms with E-state index in [4.69, 9.17) is 15.7 Å². The lowest BCUT2D eigenvalue weighted by Crippen LogP contribution is -2.49. The van der Waals surface area contributed by atoms with E-state index < -0.39 is 0 Å². The molecular formula is C17H25N3. The summed E-state index contributed by atoms with van der Waals surface area (Å²) in [6.45, 7) is 2.78. The van der Waals surface area contributed by atoms with Gasteiger partial charge in [-0.15, -0.1) is 0 Å². The number of nitrogens with zero attached hydrogens (tertiary/aromatic N) is 2. The first-order chi connectivity index (χ1) is 9.68. The molecule has 4 aliphatic carbocycles. The minimum Gasteiger partial charge on any atom is -0.330 e. The fourth-order valence-electron chi connectivity index (χ4n) is 5.51. The summed E-state index contributed by atoms with van der Waals surface area (Å²) >= 11 is 0. The zero-order valence-corrected chi connectivity index (χ0v) is 12.4. The Morgan fingerprint density at radius 1 is 1.15 bits per heavy atom. The van der Waals surface area contributed by atoms with Gasteiger partial charge in [0, 0.05) is 23.7 Å². The average molecular weight is 271 g/mol. The van der Waals surface area contributed by atoms with Gasteiger partial charge in [-0.2, -0.15) is 0 Å². The Morgan fingerprint density at radius 3 is 2.30 bits per heavy atom. The molecule has 1 aromatic rings. The monoisotopic (exact) mass is 271 g/mol. The SMILES string of the molecule is Cc1cnc(C23CC4CC(CC(C4)C2)C3)nc1CCN. The molecule has 108 valence electrons. The topological polar surface area (TPSA) is 51.8 Å². The summed E-state index contributed by atoms with van der Waals surface area (Å²) in [6.07, 6.45) is 11.3. The first kappa shape index (κ1) is 12.8. The summed E-state index contributed by atoms with van der Waals surface area (Å²) in [6, 6.07) is 0. The molecule has 3 nitrogen and oxygen atoms in total. The van der Waals surface area contributed by atoms with E-state index in [1.165, 1.54) is 49.8 Å². The van der Waals surface area contributed by atoms with Crippen molar-refractivity contribution in [2.45, 2.75) is 57.3 Å². The highest BCUT2D eigenvalue weighted by molar-refractivity contribution is 5.23. The molecule has 0 aliphatic heterocycles. The fraction of sp³-hybridized carbons (Fsp3) is 0.765. The predicted octanol–water partition coefficient (Wildman–Crippen LogP) is 2.75. The molecule has 1 heterocycles. The molecule has 4 bridgehead atoms. The van der Waals surface area contributed by atoms with Crippen molar-refractivity contribution >= 4 is 0 Å². The van der Waals surface area contributed by atoms with Crippen LogP contribution in [-0.2, 0) is 11.8 Å². The van der Waals surface area contributed by atoms with Crippen molar-refractivity contribution in [3.05, 3.63) is 23.3 Å². The van der Waals surface area contributed by atoms with E-state index in [9.17, 15) is 0 Å². The van der Waals surface area contributed by atoms with Gasteiger partial charge in [0.2, 0.25) is 0 Å². The van der Waals surface area contributed by atoms with E-state index in [2.05, 4.69) is 6.92 Å². The summed E-state index contributed by atoms with van der Waals surface area (Å²) in [5.41, 5.74) is 8.41. The van der Waals surface area contributed by atoms with Crippen LogP contribution < -0.4 is 5.73 Å². The van der Waals surface area contributed by atoms with Gasteiger partial charge >= 0.3 is 0 Å². The quantitative estimate of drug-likeness (QED) is 0.919. The summed E-state index contributed by atoms with van der Waals surface area (Å²) in [5.74, 6) is 3.99. The van der Waals surface area contributed by atoms with E-state index >= 15 is 0 Å². The summed E-state index contributed by atoms with van der Waals surface area (Å²) in [4.78, 5) is 9.72. The Morgan fingerprint density at radius 2 is 1.75 bits per heavy atom. The van der Waals surface area contributed by atoms with Gasteiger partial charge in [0.05, 0.1) is 0 Å². The molecule has 4 fully saturated rings. The van der Waals surface area contributed by atoms with Gasteiger partial charge < -0.3 is 5.73 Å². The van der Waals surface area contributed by atoms with Crippen LogP contribution in [0.5, 0.6) is 0 Å². The van der Waals surface area contributed by atoms with Crippen LogP contribution in [0.25, 0.3) is 0 Å². The zero-order chi connectivity index (χ0) is 13.7. The molecule has 5 rings (SSSR count). The number of aryl methyl sites for hydroxylation is 1. The lowest BCUT2D eigenvalue weighted by Gasteiger charge is -2.56. The van der Waals surface area contributed by atoms with Crippen molar-refractivity contribution in [3.63, 3.8) is 0 Å². The zero-order valence-electron chi connectivity index (χ0n) is 12.4. The second-order valence-corrected chi connectivity index (χ2v) is 7.56. The van der Waals surface area contributed by atoms with Crippen molar-refractivity contribution < 1.29 is 0 Å². The summed E-state index contributed by atoms with van der Waals surface area (Å²) in [5, 5.41) is 0. The van der Waals surface area contributed by atoms with E-state index in [0.717, 1.165) is 30.0 Å². The van der Waals surface area contributed by atoms with Crippen LogP contribution in [0.4, 0.5) is 0 Å². The molecular weight excluding hydrogens is 246 g/mol. The second kappa shape index (κ2) is 4.52. The van der Waals surface area contributed by atoms with Gasteiger partial charge in [-0.25, -0.2) is 9.97 Å². The fourth-order valence-corrected chi connectivity index (χ4v) is 5.51. The molecule has 20 heavy (non-hydrogen) atoms. The van der Waals surface area contributed by atoms with E-state index in [1.54, 1.807) is 0 Å². The highest BCUT2D eigenvalue weighted by atomic mass is 14.9. The standard InChI is InChI=1S/C17H25N3/c1-11-10-19-16(20-15(11)2-3-18)17-7-12-4-13(8-17)6-14(5-12)9-17/h10,12-14H,2-9,18H2,1H3. The van der Waals surface area contributed by atoms with Crippen LogP contribution in [0.3, 0.4) is 0 Å². The van der Waals surface area contributed by atoms with Gasteiger partial charge in [-0.1, -0.05) is 0 Å². The highest BCUT2D eigenvalue weighted by Gasteiger charge is 2.53. The van der Waals surface area contributed by atoms with E-state index in [0.29, 0.717) is 12.0 Å². The normalized spacial score (nSPS) is 38.4. The molecule has 4 aliphatic rings. The average Bonchev–Trinajstić information content (AvgIpc) is 2.40. The van der Waals surface area contributed by atoms with Crippen LogP contribution in [0.1, 0.15) is 55.6 Å². The van der Waals surface area contributed by atoms with Crippen LogP contribution in [0.2, 0.25) is 0 Å². The Labute approximate surface area is 121 Å². The number of nitrogens with two attached hydrogens (primary N) is 1. The van der Waals surface area contributed by atoms with Gasteiger partial charge in [0.15, 0.2) is 0 Å². The predicted molar refractivity (Wildman–Crippen MR) is 79.4 cm³/mol. The minimum absolute atomic E-state index is 0.311. The van der Waals surface area contributed by atoms with Crippen LogP contribution in [-0.4, -0.2) is 16.5 Å². The Balaban J connectivity index is 1.71. The Bertz CT molecular complexity index is 488. The summed E-state index contributed by atoms with van der Waals surface area (Å²) in [7, 11) is 0.